The molecule has 1 aromatic rings. The molecule has 1 saturated heterocycles. The van der Waals surface area contributed by atoms with Crippen molar-refractivity contribution in [2.24, 2.45) is 0 Å². The molecule has 0 bridgehead atoms. The molecule has 1 aliphatic rings. The fourth-order valence-corrected chi connectivity index (χ4v) is 2.15. The predicted molar refractivity (Wildman–Crippen MR) is 59.4 cm³/mol. The second-order valence-electron chi connectivity index (χ2n) is 4.06. The summed E-state index contributed by atoms with van der Waals surface area (Å²) >= 11 is 0. The van der Waals surface area contributed by atoms with Gasteiger partial charge in [0.15, 0.2) is 0 Å². The summed E-state index contributed by atoms with van der Waals surface area (Å²) in [6.07, 6.45) is 3.72. The lowest BCUT2D eigenvalue weighted by molar-refractivity contribution is 0.0599. The summed E-state index contributed by atoms with van der Waals surface area (Å²) in [5, 5.41) is 7.61. The van der Waals surface area contributed by atoms with Crippen molar-refractivity contribution in [3.05, 3.63) is 17.5 Å². The first-order chi connectivity index (χ1) is 7.74. The van der Waals surface area contributed by atoms with Crippen molar-refractivity contribution in [1.29, 1.82) is 0 Å². The molecule has 16 heavy (non-hydrogen) atoms. The standard InChI is InChI=1S/C11H17N3O2/c1-8-10(11(15)16-2)7-13-14(8)9-3-5-12-6-4-9/h7,9,12H,3-6H2,1-2H3. The lowest BCUT2D eigenvalue weighted by atomic mass is 10.1. The van der Waals surface area contributed by atoms with Crippen molar-refractivity contribution >= 4 is 5.97 Å². The molecule has 1 N–H and O–H groups in total. The molecule has 0 aliphatic carbocycles. The maximum atomic E-state index is 11.4. The number of esters is 1. The van der Waals surface area contributed by atoms with Crippen LogP contribution in [0.1, 0.15) is 34.9 Å². The number of carbonyl (C=O) groups is 1. The Morgan fingerprint density at radius 1 is 1.56 bits per heavy atom. The molecule has 1 fully saturated rings. The zero-order valence-electron chi connectivity index (χ0n) is 9.69. The van der Waals surface area contributed by atoms with Crippen LogP contribution >= 0.6 is 0 Å². The molecule has 0 unspecified atom stereocenters. The van der Waals surface area contributed by atoms with Gasteiger partial charge in [0.1, 0.15) is 5.56 Å². The first kappa shape index (κ1) is 11.1. The van der Waals surface area contributed by atoms with Gasteiger partial charge in [-0.15, -0.1) is 0 Å². The third-order valence-electron chi connectivity index (χ3n) is 3.10. The minimum Gasteiger partial charge on any atom is -0.465 e. The smallest absolute Gasteiger partial charge is 0.341 e. The lowest BCUT2D eigenvalue weighted by Crippen LogP contribution is -2.30. The van der Waals surface area contributed by atoms with Gasteiger partial charge < -0.3 is 10.1 Å². The molecule has 5 nitrogen and oxygen atoms in total. The number of nitrogens with zero attached hydrogens (tertiary/aromatic N) is 2. The second kappa shape index (κ2) is 4.65. The van der Waals surface area contributed by atoms with Crippen LogP contribution in [0.5, 0.6) is 0 Å². The summed E-state index contributed by atoms with van der Waals surface area (Å²) in [5.74, 6) is -0.308. The van der Waals surface area contributed by atoms with Crippen molar-refractivity contribution in [2.75, 3.05) is 20.2 Å². The summed E-state index contributed by atoms with van der Waals surface area (Å²) in [4.78, 5) is 11.4. The van der Waals surface area contributed by atoms with Crippen LogP contribution < -0.4 is 5.32 Å². The molecule has 1 aromatic heterocycles. The molecular weight excluding hydrogens is 206 g/mol. The summed E-state index contributed by atoms with van der Waals surface area (Å²) in [6.45, 7) is 3.94. The summed E-state index contributed by atoms with van der Waals surface area (Å²) in [7, 11) is 1.39. The molecule has 0 aromatic carbocycles. The van der Waals surface area contributed by atoms with Crippen LogP contribution in [0.4, 0.5) is 0 Å². The topological polar surface area (TPSA) is 56.1 Å². The first-order valence-electron chi connectivity index (χ1n) is 5.57. The second-order valence-corrected chi connectivity index (χ2v) is 4.06. The largest absolute Gasteiger partial charge is 0.465 e. The highest BCUT2D eigenvalue weighted by atomic mass is 16.5. The van der Waals surface area contributed by atoms with E-state index in [0.717, 1.165) is 31.6 Å². The van der Waals surface area contributed by atoms with Crippen molar-refractivity contribution < 1.29 is 9.53 Å². The van der Waals surface area contributed by atoms with Crippen LogP contribution in [0.3, 0.4) is 0 Å². The Balaban J connectivity index is 2.21. The fourth-order valence-electron chi connectivity index (χ4n) is 2.15. The monoisotopic (exact) mass is 223 g/mol. The van der Waals surface area contributed by atoms with Gasteiger partial charge in [0.2, 0.25) is 0 Å². The number of hydrogen-bond donors (Lipinski definition) is 1. The van der Waals surface area contributed by atoms with E-state index in [1.54, 1.807) is 6.20 Å². The zero-order valence-corrected chi connectivity index (χ0v) is 9.69. The summed E-state index contributed by atoms with van der Waals surface area (Å²) < 4.78 is 6.66. The van der Waals surface area contributed by atoms with Gasteiger partial charge in [-0.3, -0.25) is 4.68 Å². The van der Waals surface area contributed by atoms with Crippen LogP contribution in [0.15, 0.2) is 6.20 Å². The molecule has 1 aliphatic heterocycles. The van der Waals surface area contributed by atoms with Crippen molar-refractivity contribution in [1.82, 2.24) is 15.1 Å². The number of nitrogens with one attached hydrogen (secondary N) is 1. The minimum atomic E-state index is -0.308. The molecule has 2 rings (SSSR count). The third-order valence-corrected chi connectivity index (χ3v) is 3.10. The van der Waals surface area contributed by atoms with Crippen molar-refractivity contribution in [3.63, 3.8) is 0 Å². The van der Waals surface area contributed by atoms with E-state index in [1.165, 1.54) is 7.11 Å². The SMILES string of the molecule is COC(=O)c1cnn(C2CCNCC2)c1C. The van der Waals surface area contributed by atoms with E-state index in [-0.39, 0.29) is 5.97 Å². The van der Waals surface area contributed by atoms with Crippen LogP contribution in [0.25, 0.3) is 0 Å². The third kappa shape index (κ3) is 1.95. The van der Waals surface area contributed by atoms with E-state index < -0.39 is 0 Å². The van der Waals surface area contributed by atoms with Crippen LogP contribution in [-0.4, -0.2) is 35.9 Å². The van der Waals surface area contributed by atoms with Gasteiger partial charge in [-0.05, 0) is 32.9 Å². The highest BCUT2D eigenvalue weighted by molar-refractivity contribution is 5.90. The Bertz CT molecular complexity index is 381. The Hall–Kier alpha value is -1.36. The Labute approximate surface area is 94.8 Å². The maximum absolute atomic E-state index is 11.4. The normalized spacial score (nSPS) is 17.4. The van der Waals surface area contributed by atoms with Gasteiger partial charge in [0.05, 0.1) is 25.0 Å². The zero-order chi connectivity index (χ0) is 11.5. The van der Waals surface area contributed by atoms with Crippen LogP contribution in [0, 0.1) is 6.92 Å². The molecular formula is C11H17N3O2. The molecule has 5 heteroatoms. The lowest BCUT2D eigenvalue weighted by Gasteiger charge is -2.24. The van der Waals surface area contributed by atoms with E-state index in [4.69, 9.17) is 4.74 Å². The van der Waals surface area contributed by atoms with E-state index in [2.05, 4.69) is 10.4 Å². The van der Waals surface area contributed by atoms with E-state index in [1.807, 2.05) is 11.6 Å². The number of rotatable bonds is 2. The molecule has 0 atom stereocenters. The Morgan fingerprint density at radius 2 is 2.25 bits per heavy atom. The number of hydrogen-bond acceptors (Lipinski definition) is 4. The van der Waals surface area contributed by atoms with Crippen molar-refractivity contribution in [2.45, 2.75) is 25.8 Å². The van der Waals surface area contributed by atoms with Gasteiger partial charge in [-0.25, -0.2) is 4.79 Å². The Morgan fingerprint density at radius 3 is 2.88 bits per heavy atom. The van der Waals surface area contributed by atoms with E-state index in [0.29, 0.717) is 11.6 Å². The minimum absolute atomic E-state index is 0.308. The summed E-state index contributed by atoms with van der Waals surface area (Å²) in [6, 6.07) is 0.402. The molecule has 0 amide bonds. The molecule has 88 valence electrons. The van der Waals surface area contributed by atoms with E-state index in [9.17, 15) is 4.79 Å². The summed E-state index contributed by atoms with van der Waals surface area (Å²) in [5.41, 5.74) is 1.47. The quantitative estimate of drug-likeness (QED) is 0.757. The number of methoxy groups -OCH3 is 1. The fraction of sp³-hybridized carbons (Fsp3) is 0.636. The molecule has 0 saturated carbocycles. The number of piperidine rings is 1. The molecule has 2 heterocycles. The van der Waals surface area contributed by atoms with Crippen LogP contribution in [0.2, 0.25) is 0 Å². The van der Waals surface area contributed by atoms with Gasteiger partial charge in [-0.2, -0.15) is 5.10 Å². The maximum Gasteiger partial charge on any atom is 0.341 e. The van der Waals surface area contributed by atoms with E-state index >= 15 is 0 Å². The number of aromatic nitrogens is 2. The first-order valence-corrected chi connectivity index (χ1v) is 5.57. The van der Waals surface area contributed by atoms with Crippen LogP contribution in [-0.2, 0) is 4.74 Å². The molecule has 0 spiro atoms. The van der Waals surface area contributed by atoms with Gasteiger partial charge >= 0.3 is 5.97 Å². The Kier molecular flexibility index (Phi) is 3.24. The number of carbonyl (C=O) groups excluding carboxylic acids is 1. The van der Waals surface area contributed by atoms with Crippen molar-refractivity contribution in [3.8, 4) is 0 Å². The van der Waals surface area contributed by atoms with Gasteiger partial charge in [0.25, 0.3) is 0 Å². The highest BCUT2D eigenvalue weighted by Crippen LogP contribution is 2.21. The predicted octanol–water partition coefficient (Wildman–Crippen LogP) is 0.903. The number of ether oxygens (including phenoxy) is 1. The van der Waals surface area contributed by atoms with Gasteiger partial charge in [-0.1, -0.05) is 0 Å². The molecule has 0 radical (unpaired) electrons. The average molecular weight is 223 g/mol. The van der Waals surface area contributed by atoms with Gasteiger partial charge in [0, 0.05) is 0 Å². The highest BCUT2D eigenvalue weighted by Gasteiger charge is 2.21. The average Bonchev–Trinajstić information content (AvgIpc) is 2.71.